The van der Waals surface area contributed by atoms with Gasteiger partial charge in [0.15, 0.2) is 0 Å². The average molecular weight is 245 g/mol. The number of hydrogen-bond acceptors (Lipinski definition) is 2. The van der Waals surface area contributed by atoms with Crippen LogP contribution in [0.1, 0.15) is 28.5 Å². The van der Waals surface area contributed by atoms with E-state index >= 15 is 0 Å². The van der Waals surface area contributed by atoms with Crippen LogP contribution in [-0.4, -0.2) is 7.05 Å². The molecule has 0 amide bonds. The number of rotatable bonds is 5. The van der Waals surface area contributed by atoms with Gasteiger partial charge in [-0.1, -0.05) is 30.3 Å². The molecule has 1 aromatic carbocycles. The highest BCUT2D eigenvalue weighted by atomic mass is 32.1. The lowest BCUT2D eigenvalue weighted by atomic mass is 9.97. The molecule has 1 unspecified atom stereocenters. The molecular weight excluding hydrogens is 226 g/mol. The molecule has 0 aliphatic carbocycles. The molecule has 2 heteroatoms. The van der Waals surface area contributed by atoms with Crippen molar-refractivity contribution in [2.45, 2.75) is 25.8 Å². The van der Waals surface area contributed by atoms with Gasteiger partial charge in [0.1, 0.15) is 0 Å². The molecule has 1 atom stereocenters. The van der Waals surface area contributed by atoms with Crippen LogP contribution in [0, 0.1) is 6.92 Å². The van der Waals surface area contributed by atoms with Gasteiger partial charge in [0, 0.05) is 10.9 Å². The van der Waals surface area contributed by atoms with Gasteiger partial charge >= 0.3 is 0 Å². The van der Waals surface area contributed by atoms with Gasteiger partial charge in [0.2, 0.25) is 0 Å². The minimum atomic E-state index is 0.457. The third-order valence-electron chi connectivity index (χ3n) is 3.17. The highest BCUT2D eigenvalue weighted by Crippen LogP contribution is 2.23. The Hall–Kier alpha value is -1.12. The molecule has 0 radical (unpaired) electrons. The Kier molecular flexibility index (Phi) is 4.35. The summed E-state index contributed by atoms with van der Waals surface area (Å²) < 4.78 is 0. The number of thiophene rings is 1. The van der Waals surface area contributed by atoms with E-state index in [-0.39, 0.29) is 0 Å². The summed E-state index contributed by atoms with van der Waals surface area (Å²) >= 11 is 1.85. The van der Waals surface area contributed by atoms with E-state index in [4.69, 9.17) is 0 Å². The van der Waals surface area contributed by atoms with E-state index in [9.17, 15) is 0 Å². The van der Waals surface area contributed by atoms with Gasteiger partial charge in [0.05, 0.1) is 0 Å². The fourth-order valence-electron chi connectivity index (χ4n) is 2.17. The van der Waals surface area contributed by atoms with Crippen molar-refractivity contribution < 1.29 is 0 Å². The zero-order valence-corrected chi connectivity index (χ0v) is 11.3. The molecule has 0 bridgehead atoms. The Morgan fingerprint density at radius 1 is 1.18 bits per heavy atom. The molecule has 1 heterocycles. The molecule has 17 heavy (non-hydrogen) atoms. The molecule has 90 valence electrons. The Bertz CT molecular complexity index is 448. The maximum absolute atomic E-state index is 3.43. The summed E-state index contributed by atoms with van der Waals surface area (Å²) in [7, 11) is 2.05. The van der Waals surface area contributed by atoms with Crippen molar-refractivity contribution in [1.82, 2.24) is 5.32 Å². The normalized spacial score (nSPS) is 12.6. The lowest BCUT2D eigenvalue weighted by Gasteiger charge is -2.18. The highest BCUT2D eigenvalue weighted by molar-refractivity contribution is 7.09. The van der Waals surface area contributed by atoms with Crippen LogP contribution in [0.25, 0.3) is 0 Å². The van der Waals surface area contributed by atoms with Crippen molar-refractivity contribution >= 4 is 11.3 Å². The van der Waals surface area contributed by atoms with Crippen molar-refractivity contribution in [3.8, 4) is 0 Å². The Balaban J connectivity index is 2.04. The molecule has 2 aromatic rings. The van der Waals surface area contributed by atoms with Crippen LogP contribution < -0.4 is 5.32 Å². The summed E-state index contributed by atoms with van der Waals surface area (Å²) in [6, 6.07) is 13.4. The molecule has 0 aliphatic heterocycles. The molecular formula is C15H19NS. The monoisotopic (exact) mass is 245 g/mol. The molecule has 1 N–H and O–H groups in total. The van der Waals surface area contributed by atoms with Crippen molar-refractivity contribution in [3.05, 3.63) is 57.8 Å². The quantitative estimate of drug-likeness (QED) is 0.841. The largest absolute Gasteiger partial charge is 0.313 e. The highest BCUT2D eigenvalue weighted by Gasteiger charge is 2.11. The standard InChI is InChI=1S/C15H19NS/c1-12-6-3-4-8-14(12)15(16-2)10-9-13-7-5-11-17-13/h3-8,11,15-16H,9-10H2,1-2H3. The molecule has 1 aromatic heterocycles. The molecule has 1 nitrogen and oxygen atoms in total. The van der Waals surface area contributed by atoms with Crippen molar-refractivity contribution in [1.29, 1.82) is 0 Å². The number of hydrogen-bond donors (Lipinski definition) is 1. The third-order valence-corrected chi connectivity index (χ3v) is 4.11. The number of aryl methyl sites for hydroxylation is 2. The zero-order valence-electron chi connectivity index (χ0n) is 10.4. The van der Waals surface area contributed by atoms with Crippen molar-refractivity contribution in [3.63, 3.8) is 0 Å². The first-order valence-corrected chi connectivity index (χ1v) is 6.94. The van der Waals surface area contributed by atoms with Crippen LogP contribution in [0.2, 0.25) is 0 Å². The van der Waals surface area contributed by atoms with E-state index in [2.05, 4.69) is 54.0 Å². The smallest absolute Gasteiger partial charge is 0.0323 e. The Morgan fingerprint density at radius 3 is 2.65 bits per heavy atom. The first-order chi connectivity index (χ1) is 8.31. The fourth-order valence-corrected chi connectivity index (χ4v) is 2.90. The maximum Gasteiger partial charge on any atom is 0.0323 e. The third kappa shape index (κ3) is 3.18. The van der Waals surface area contributed by atoms with E-state index in [1.165, 1.54) is 16.0 Å². The molecule has 0 saturated heterocycles. The van der Waals surface area contributed by atoms with Gasteiger partial charge in [-0.25, -0.2) is 0 Å². The maximum atomic E-state index is 3.43. The van der Waals surface area contributed by atoms with Crippen molar-refractivity contribution in [2.75, 3.05) is 7.05 Å². The van der Waals surface area contributed by atoms with Crippen LogP contribution in [0.4, 0.5) is 0 Å². The van der Waals surface area contributed by atoms with Gasteiger partial charge in [0.25, 0.3) is 0 Å². The predicted octanol–water partition coefficient (Wildman–Crippen LogP) is 3.95. The van der Waals surface area contributed by atoms with E-state index in [1.807, 2.05) is 18.4 Å². The molecule has 0 spiro atoms. The van der Waals surface area contributed by atoms with E-state index in [0.29, 0.717) is 6.04 Å². The van der Waals surface area contributed by atoms with E-state index in [0.717, 1.165) is 12.8 Å². The Morgan fingerprint density at radius 2 is 2.00 bits per heavy atom. The number of benzene rings is 1. The number of nitrogens with one attached hydrogen (secondary N) is 1. The predicted molar refractivity (Wildman–Crippen MR) is 75.6 cm³/mol. The van der Waals surface area contributed by atoms with E-state index in [1.54, 1.807) is 0 Å². The van der Waals surface area contributed by atoms with Crippen LogP contribution in [0.5, 0.6) is 0 Å². The second-order valence-electron chi connectivity index (χ2n) is 4.32. The molecule has 2 rings (SSSR count). The SMILES string of the molecule is CNC(CCc1cccs1)c1ccccc1C. The second-order valence-corrected chi connectivity index (χ2v) is 5.35. The first-order valence-electron chi connectivity index (χ1n) is 6.06. The van der Waals surface area contributed by atoms with Crippen LogP contribution in [0.3, 0.4) is 0 Å². The summed E-state index contributed by atoms with van der Waals surface area (Å²) in [6.07, 6.45) is 2.30. The lowest BCUT2D eigenvalue weighted by molar-refractivity contribution is 0.549. The van der Waals surface area contributed by atoms with Gasteiger partial charge in [-0.15, -0.1) is 11.3 Å². The van der Waals surface area contributed by atoms with Gasteiger partial charge < -0.3 is 5.32 Å². The second kappa shape index (κ2) is 5.99. The average Bonchev–Trinajstić information content (AvgIpc) is 2.85. The fraction of sp³-hybridized carbons (Fsp3) is 0.333. The van der Waals surface area contributed by atoms with Crippen LogP contribution in [0.15, 0.2) is 41.8 Å². The van der Waals surface area contributed by atoms with Crippen LogP contribution in [-0.2, 0) is 6.42 Å². The summed E-state index contributed by atoms with van der Waals surface area (Å²) in [6.45, 7) is 2.19. The topological polar surface area (TPSA) is 12.0 Å². The van der Waals surface area contributed by atoms with Crippen LogP contribution >= 0.6 is 11.3 Å². The molecule has 0 aliphatic rings. The summed E-state index contributed by atoms with van der Waals surface area (Å²) in [4.78, 5) is 1.47. The minimum Gasteiger partial charge on any atom is -0.313 e. The zero-order chi connectivity index (χ0) is 12.1. The van der Waals surface area contributed by atoms with Crippen molar-refractivity contribution in [2.24, 2.45) is 0 Å². The van der Waals surface area contributed by atoms with Gasteiger partial charge in [-0.05, 0) is 49.4 Å². The Labute approximate surface area is 108 Å². The molecule has 0 fully saturated rings. The van der Waals surface area contributed by atoms with E-state index < -0.39 is 0 Å². The summed E-state index contributed by atoms with van der Waals surface area (Å²) in [5.74, 6) is 0. The summed E-state index contributed by atoms with van der Waals surface area (Å²) in [5.41, 5.74) is 2.80. The lowest BCUT2D eigenvalue weighted by Crippen LogP contribution is -2.17. The summed E-state index contributed by atoms with van der Waals surface area (Å²) in [5, 5.41) is 5.58. The minimum absolute atomic E-state index is 0.457. The molecule has 0 saturated carbocycles. The van der Waals surface area contributed by atoms with Gasteiger partial charge in [-0.3, -0.25) is 0 Å². The first kappa shape index (κ1) is 12.3. The van der Waals surface area contributed by atoms with Gasteiger partial charge in [-0.2, -0.15) is 0 Å².